The highest BCUT2D eigenvalue weighted by Crippen LogP contribution is 2.41. The predicted octanol–water partition coefficient (Wildman–Crippen LogP) is 10.1. The third-order valence-electron chi connectivity index (χ3n) is 10.9. The summed E-state index contributed by atoms with van der Waals surface area (Å²) in [6.07, 6.45) is 11.3. The van der Waals surface area contributed by atoms with Gasteiger partial charge in [-0.1, -0.05) is 91.2 Å². The van der Waals surface area contributed by atoms with Gasteiger partial charge in [-0.2, -0.15) is 0 Å². The molecule has 292 valence electrons. The van der Waals surface area contributed by atoms with Crippen molar-refractivity contribution < 1.29 is 9.59 Å². The molecule has 0 radical (unpaired) electrons. The first-order valence-corrected chi connectivity index (χ1v) is 20.1. The second kappa shape index (κ2) is 19.2. The Morgan fingerprint density at radius 2 is 1.64 bits per heavy atom. The van der Waals surface area contributed by atoms with Crippen molar-refractivity contribution in [2.24, 2.45) is 0 Å². The number of H-pyrrole nitrogens is 1. The van der Waals surface area contributed by atoms with E-state index in [-0.39, 0.29) is 11.9 Å². The van der Waals surface area contributed by atoms with Crippen molar-refractivity contribution in [3.8, 4) is 0 Å². The van der Waals surface area contributed by atoms with Gasteiger partial charge in [0.25, 0.3) is 5.91 Å². The number of aromatic amines is 1. The molecule has 5 aromatic rings. The van der Waals surface area contributed by atoms with Gasteiger partial charge >= 0.3 is 0 Å². The van der Waals surface area contributed by atoms with Crippen LogP contribution in [-0.4, -0.2) is 59.4 Å². The minimum atomic E-state index is -0.279. The number of carbonyl (C=O) groups is 2. The van der Waals surface area contributed by atoms with Crippen LogP contribution in [-0.2, 0) is 4.79 Å². The molecule has 2 fully saturated rings. The Kier molecular flexibility index (Phi) is 13.9. The zero-order valence-corrected chi connectivity index (χ0v) is 33.8. The molecule has 1 aliphatic carbocycles. The Bertz CT molecular complexity index is 2140. The fourth-order valence-corrected chi connectivity index (χ4v) is 8.06. The molecule has 11 heteroatoms. The summed E-state index contributed by atoms with van der Waals surface area (Å²) in [5, 5.41) is 11.5. The van der Waals surface area contributed by atoms with E-state index in [0.717, 1.165) is 77.0 Å². The summed E-state index contributed by atoms with van der Waals surface area (Å²) in [6.45, 7) is 10.2. The van der Waals surface area contributed by atoms with E-state index >= 15 is 0 Å². The average molecular weight is 793 g/mol. The van der Waals surface area contributed by atoms with Gasteiger partial charge < -0.3 is 30.7 Å². The number of aromatic nitrogens is 2. The summed E-state index contributed by atoms with van der Waals surface area (Å²) in [5.41, 5.74) is 6.48. The molecule has 2 aliphatic rings. The van der Waals surface area contributed by atoms with E-state index in [0.29, 0.717) is 33.5 Å². The molecular weight excluding hydrogens is 741 g/mol. The molecule has 3 aromatic carbocycles. The number of nitrogens with one attached hydrogen (secondary N) is 4. The van der Waals surface area contributed by atoms with Crippen LogP contribution in [0.4, 0.5) is 11.5 Å². The van der Waals surface area contributed by atoms with Gasteiger partial charge in [0.1, 0.15) is 5.69 Å². The first-order chi connectivity index (χ1) is 27.2. The van der Waals surface area contributed by atoms with E-state index < -0.39 is 0 Å². The Labute approximate surface area is 340 Å². The van der Waals surface area contributed by atoms with Crippen LogP contribution in [0.1, 0.15) is 85.6 Å². The molecule has 1 saturated heterocycles. The number of hydrogen-bond donors (Lipinski definition) is 4. The lowest BCUT2D eigenvalue weighted by atomic mass is 9.95. The summed E-state index contributed by atoms with van der Waals surface area (Å²) in [4.78, 5) is 36.9. The van der Waals surface area contributed by atoms with Crippen molar-refractivity contribution in [1.82, 2.24) is 25.5 Å². The number of anilines is 2. The van der Waals surface area contributed by atoms with E-state index in [9.17, 15) is 9.59 Å². The number of carbonyl (C=O) groups excluding carboxylic acids is 2. The molecule has 3 heterocycles. The Balaban J connectivity index is 0.000000592. The third kappa shape index (κ3) is 9.46. The fourth-order valence-electron chi connectivity index (χ4n) is 7.77. The van der Waals surface area contributed by atoms with Crippen LogP contribution in [0.25, 0.3) is 22.2 Å². The van der Waals surface area contributed by atoms with E-state index in [1.807, 2.05) is 86.0 Å². The summed E-state index contributed by atoms with van der Waals surface area (Å²) in [6, 6.07) is 28.3. The van der Waals surface area contributed by atoms with Crippen LogP contribution in [0.5, 0.6) is 0 Å². The third-order valence-corrected chi connectivity index (χ3v) is 11.4. The Hall–Kier alpha value is -5.09. The molecule has 2 aromatic heterocycles. The van der Waals surface area contributed by atoms with Crippen LogP contribution >= 0.6 is 23.2 Å². The molecule has 1 aliphatic heterocycles. The summed E-state index contributed by atoms with van der Waals surface area (Å²) < 4.78 is 0. The minimum absolute atomic E-state index is 0.146. The highest BCUT2D eigenvalue weighted by atomic mass is 35.5. The average Bonchev–Trinajstić information content (AvgIpc) is 3.88. The van der Waals surface area contributed by atoms with E-state index in [1.54, 1.807) is 6.20 Å². The maximum atomic E-state index is 14.6. The van der Waals surface area contributed by atoms with Gasteiger partial charge in [0.05, 0.1) is 17.4 Å². The van der Waals surface area contributed by atoms with Gasteiger partial charge in [0, 0.05) is 57.9 Å². The lowest BCUT2D eigenvalue weighted by molar-refractivity contribution is -0.110. The normalized spacial score (nSPS) is 15.7. The molecular formula is C45H51Cl2N7O2. The smallest absolute Gasteiger partial charge is 0.272 e. The first-order valence-electron chi connectivity index (χ1n) is 19.3. The number of pyridine rings is 1. The summed E-state index contributed by atoms with van der Waals surface area (Å²) in [5.74, 6) is 0.486. The van der Waals surface area contributed by atoms with Crippen LogP contribution in [0.2, 0.25) is 10.0 Å². The number of piperidine rings is 1. The zero-order valence-electron chi connectivity index (χ0n) is 32.3. The van der Waals surface area contributed by atoms with Crippen LogP contribution in [0, 0.1) is 0 Å². The molecule has 4 N–H and O–H groups in total. The highest BCUT2D eigenvalue weighted by Gasteiger charge is 2.29. The van der Waals surface area contributed by atoms with Gasteiger partial charge in [0.2, 0.25) is 6.41 Å². The molecule has 7 rings (SSSR count). The SMILES string of the molecule is C=CN(/C(=C(\C)c1ccccc1)c1c(C(=O)Nc2cccnc2N2CCC(NC)CC2)[nH]c2cc(Cl)ccc12)C(C)c1ccc(Cl)cc1.O=CNC1CCCC1. The Morgan fingerprint density at radius 1 is 0.946 bits per heavy atom. The number of hydrogen-bond acceptors (Lipinski definition) is 6. The van der Waals surface area contributed by atoms with Crippen LogP contribution in [0.15, 0.2) is 104 Å². The van der Waals surface area contributed by atoms with Gasteiger partial charge in [-0.05, 0) is 106 Å². The number of benzene rings is 3. The van der Waals surface area contributed by atoms with Crippen molar-refractivity contribution in [2.45, 2.75) is 70.5 Å². The largest absolute Gasteiger partial charge is 0.356 e. The molecule has 1 saturated carbocycles. The highest BCUT2D eigenvalue weighted by molar-refractivity contribution is 6.31. The van der Waals surface area contributed by atoms with Crippen LogP contribution < -0.4 is 20.9 Å². The fraction of sp³-hybridized carbons (Fsp3) is 0.311. The predicted molar refractivity (Wildman–Crippen MR) is 232 cm³/mol. The number of nitrogens with zero attached hydrogens (tertiary/aromatic N) is 3. The van der Waals surface area contributed by atoms with Gasteiger partial charge in [0.15, 0.2) is 5.82 Å². The standard InChI is InChI=1S/C39H40Cl2N6O.C6H11NO/c1-5-47(26(3)28-13-15-29(40)16-14-28)37(25(2)27-10-7-6-8-11-27)35-32-18-17-30(41)24-34(32)44-36(35)39(48)45-33-12-9-21-43-38(33)46-22-19-31(42-4)20-23-46;8-5-7-6-3-1-2-4-6/h5-18,21,24,26,31,42,44H,1,19-20,22-23H2,2-4H3,(H,45,48);5-6H,1-4H2,(H,7,8)/b37-25+;. The van der Waals surface area contributed by atoms with Gasteiger partial charge in [-0.3, -0.25) is 9.59 Å². The molecule has 9 nitrogen and oxygen atoms in total. The molecule has 1 unspecified atom stereocenters. The molecule has 2 amide bonds. The van der Waals surface area contributed by atoms with E-state index in [4.69, 9.17) is 28.2 Å². The monoisotopic (exact) mass is 791 g/mol. The van der Waals surface area contributed by atoms with Crippen molar-refractivity contribution in [1.29, 1.82) is 0 Å². The van der Waals surface area contributed by atoms with Crippen molar-refractivity contribution in [2.75, 3.05) is 30.4 Å². The van der Waals surface area contributed by atoms with Crippen LogP contribution in [0.3, 0.4) is 0 Å². The summed E-state index contributed by atoms with van der Waals surface area (Å²) in [7, 11) is 2.00. The van der Waals surface area contributed by atoms with E-state index in [2.05, 4.69) is 63.3 Å². The van der Waals surface area contributed by atoms with Crippen molar-refractivity contribution in [3.05, 3.63) is 136 Å². The molecule has 56 heavy (non-hydrogen) atoms. The summed E-state index contributed by atoms with van der Waals surface area (Å²) >= 11 is 12.8. The quantitative estimate of drug-likeness (QED) is 0.0938. The van der Waals surface area contributed by atoms with Crippen molar-refractivity contribution >= 4 is 69.2 Å². The van der Waals surface area contributed by atoms with Gasteiger partial charge in [-0.25, -0.2) is 4.98 Å². The zero-order chi connectivity index (χ0) is 39.6. The van der Waals surface area contributed by atoms with Crippen molar-refractivity contribution in [3.63, 3.8) is 0 Å². The second-order valence-electron chi connectivity index (χ2n) is 14.4. The minimum Gasteiger partial charge on any atom is -0.356 e. The first kappa shape index (κ1) is 40.6. The number of fused-ring (bicyclic) bond motifs is 1. The number of amides is 2. The molecule has 0 spiro atoms. The lowest BCUT2D eigenvalue weighted by Crippen LogP contribution is -2.41. The lowest BCUT2D eigenvalue weighted by Gasteiger charge is -2.33. The Morgan fingerprint density at radius 3 is 2.30 bits per heavy atom. The maximum absolute atomic E-state index is 14.6. The topological polar surface area (TPSA) is 105 Å². The second-order valence-corrected chi connectivity index (χ2v) is 15.2. The van der Waals surface area contributed by atoms with Gasteiger partial charge in [-0.15, -0.1) is 0 Å². The number of halogens is 2. The molecule has 0 bridgehead atoms. The number of allylic oxidation sites excluding steroid dienone is 1. The molecule has 1 atom stereocenters. The number of rotatable bonds is 12. The maximum Gasteiger partial charge on any atom is 0.272 e. The van der Waals surface area contributed by atoms with E-state index in [1.165, 1.54) is 25.7 Å².